The topological polar surface area (TPSA) is 46.6 Å². The van der Waals surface area contributed by atoms with E-state index in [0.29, 0.717) is 23.5 Å². The highest BCUT2D eigenvalue weighted by Gasteiger charge is 2.38. The predicted octanol–water partition coefficient (Wildman–Crippen LogP) is 5.42. The number of amides is 1. The van der Waals surface area contributed by atoms with Crippen molar-refractivity contribution >= 4 is 23.1 Å². The van der Waals surface area contributed by atoms with Crippen LogP contribution in [0.15, 0.2) is 72.8 Å². The smallest absolute Gasteiger partial charge is 0.304 e. The molecule has 0 N–H and O–H groups in total. The molecule has 146 valence electrons. The average Bonchev–Trinajstić information content (AvgIpc) is 2.97. The molecule has 1 amide bonds. The quantitative estimate of drug-likeness (QED) is 0.563. The van der Waals surface area contributed by atoms with Crippen LogP contribution in [0.4, 0.5) is 11.4 Å². The van der Waals surface area contributed by atoms with Gasteiger partial charge in [-0.15, -0.1) is 0 Å². The first-order valence-electron chi connectivity index (χ1n) is 9.65. The van der Waals surface area contributed by atoms with Gasteiger partial charge in [-0.25, -0.2) is 0 Å². The first-order chi connectivity index (χ1) is 13.9. The first kappa shape index (κ1) is 18.9. The highest BCUT2D eigenvalue weighted by molar-refractivity contribution is 6.53. The number of ether oxygens (including phenoxy) is 1. The van der Waals surface area contributed by atoms with Crippen molar-refractivity contribution in [3.8, 4) is 5.75 Å². The summed E-state index contributed by atoms with van der Waals surface area (Å²) in [5.74, 6) is -0.256. The van der Waals surface area contributed by atoms with E-state index < -0.39 is 11.7 Å². The Bertz CT molecular complexity index is 1080. The molecule has 0 radical (unpaired) electrons. The van der Waals surface area contributed by atoms with Gasteiger partial charge in [0.05, 0.1) is 16.9 Å². The molecule has 1 aliphatic rings. The maximum Gasteiger partial charge on any atom is 0.304 e. The molecule has 0 aliphatic carbocycles. The SMILES string of the molecule is CC(C)(C)c1cc(OCc2ccccc2)ccc1N1C(=O)C(=O)c2ccccc21. The van der Waals surface area contributed by atoms with Gasteiger partial charge in [-0.3, -0.25) is 14.5 Å². The second kappa shape index (κ2) is 7.21. The maximum atomic E-state index is 12.8. The highest BCUT2D eigenvalue weighted by Crippen LogP contribution is 2.42. The van der Waals surface area contributed by atoms with E-state index in [1.54, 1.807) is 12.1 Å². The van der Waals surface area contributed by atoms with Crippen LogP contribution in [-0.4, -0.2) is 11.7 Å². The number of carbonyl (C=O) groups is 2. The summed E-state index contributed by atoms with van der Waals surface area (Å²) in [6.07, 6.45) is 0. The van der Waals surface area contributed by atoms with E-state index >= 15 is 0 Å². The van der Waals surface area contributed by atoms with Gasteiger partial charge in [-0.2, -0.15) is 0 Å². The van der Waals surface area contributed by atoms with Crippen LogP contribution >= 0.6 is 0 Å². The zero-order valence-electron chi connectivity index (χ0n) is 16.8. The minimum Gasteiger partial charge on any atom is -0.489 e. The number of hydrogen-bond acceptors (Lipinski definition) is 3. The minimum atomic E-state index is -0.519. The Balaban J connectivity index is 1.73. The fourth-order valence-electron chi connectivity index (χ4n) is 3.57. The summed E-state index contributed by atoms with van der Waals surface area (Å²) >= 11 is 0. The zero-order chi connectivity index (χ0) is 20.6. The number of anilines is 2. The highest BCUT2D eigenvalue weighted by atomic mass is 16.5. The third-order valence-electron chi connectivity index (χ3n) is 5.05. The van der Waals surface area contributed by atoms with Crippen LogP contribution in [0.3, 0.4) is 0 Å². The lowest BCUT2D eigenvalue weighted by Gasteiger charge is -2.28. The number of Topliss-reactive ketones (excluding diaryl/α,β-unsaturated/α-hetero) is 1. The van der Waals surface area contributed by atoms with E-state index in [9.17, 15) is 9.59 Å². The minimum absolute atomic E-state index is 0.248. The van der Waals surface area contributed by atoms with Crippen molar-refractivity contribution in [1.29, 1.82) is 0 Å². The Hall–Kier alpha value is -3.40. The Morgan fingerprint density at radius 2 is 1.52 bits per heavy atom. The van der Waals surface area contributed by atoms with Gasteiger partial charge in [0.15, 0.2) is 0 Å². The van der Waals surface area contributed by atoms with Crippen LogP contribution < -0.4 is 9.64 Å². The molecular formula is C25H23NO3. The normalized spacial score (nSPS) is 13.6. The lowest BCUT2D eigenvalue weighted by Crippen LogP contribution is -2.28. The van der Waals surface area contributed by atoms with Gasteiger partial charge in [0.2, 0.25) is 0 Å². The number of fused-ring (bicyclic) bond motifs is 1. The van der Waals surface area contributed by atoms with Crippen LogP contribution in [0.5, 0.6) is 5.75 Å². The molecule has 0 atom stereocenters. The maximum absolute atomic E-state index is 12.8. The second-order valence-electron chi connectivity index (χ2n) is 8.19. The standard InChI is InChI=1S/C25H23NO3/c1-25(2,3)20-15-18(29-16-17-9-5-4-6-10-17)13-14-22(20)26-21-12-8-7-11-19(21)23(27)24(26)28/h4-15H,16H2,1-3H3. The molecule has 0 unspecified atom stereocenters. The third-order valence-corrected chi connectivity index (χ3v) is 5.05. The molecule has 4 rings (SSSR count). The number of benzene rings is 3. The van der Waals surface area contributed by atoms with E-state index in [1.165, 1.54) is 4.90 Å². The molecule has 0 fully saturated rings. The van der Waals surface area contributed by atoms with Crippen LogP contribution in [0.25, 0.3) is 0 Å². The molecule has 29 heavy (non-hydrogen) atoms. The van der Waals surface area contributed by atoms with Crippen LogP contribution in [-0.2, 0) is 16.8 Å². The summed E-state index contributed by atoms with van der Waals surface area (Å²) in [6, 6.07) is 22.8. The number of para-hydroxylation sites is 1. The summed E-state index contributed by atoms with van der Waals surface area (Å²) in [6.45, 7) is 6.72. The van der Waals surface area contributed by atoms with Crippen molar-refractivity contribution in [2.24, 2.45) is 0 Å². The van der Waals surface area contributed by atoms with E-state index in [4.69, 9.17) is 4.74 Å². The van der Waals surface area contributed by atoms with Gasteiger partial charge < -0.3 is 4.74 Å². The van der Waals surface area contributed by atoms with Gasteiger partial charge in [0.25, 0.3) is 5.78 Å². The Kier molecular flexibility index (Phi) is 4.71. The average molecular weight is 385 g/mol. The largest absolute Gasteiger partial charge is 0.489 e. The van der Waals surface area contributed by atoms with Crippen LogP contribution in [0.2, 0.25) is 0 Å². The molecule has 3 aromatic rings. The van der Waals surface area contributed by atoms with Gasteiger partial charge in [-0.1, -0.05) is 63.2 Å². The summed E-state index contributed by atoms with van der Waals surface area (Å²) in [5.41, 5.74) is 3.58. The van der Waals surface area contributed by atoms with Crippen molar-refractivity contribution in [3.63, 3.8) is 0 Å². The van der Waals surface area contributed by atoms with E-state index in [1.807, 2.05) is 60.7 Å². The van der Waals surface area contributed by atoms with E-state index in [-0.39, 0.29) is 5.41 Å². The molecule has 0 saturated carbocycles. The van der Waals surface area contributed by atoms with E-state index in [0.717, 1.165) is 16.9 Å². The number of nitrogens with zero attached hydrogens (tertiary/aromatic N) is 1. The Morgan fingerprint density at radius 1 is 0.828 bits per heavy atom. The first-order valence-corrected chi connectivity index (χ1v) is 9.65. The Labute approximate surface area is 170 Å². The molecular weight excluding hydrogens is 362 g/mol. The zero-order valence-corrected chi connectivity index (χ0v) is 16.8. The van der Waals surface area contributed by atoms with Crippen molar-refractivity contribution in [1.82, 2.24) is 0 Å². The van der Waals surface area contributed by atoms with Gasteiger partial charge >= 0.3 is 5.91 Å². The molecule has 1 aliphatic heterocycles. The molecule has 0 saturated heterocycles. The second-order valence-corrected chi connectivity index (χ2v) is 8.19. The molecule has 0 bridgehead atoms. The summed E-state index contributed by atoms with van der Waals surface area (Å²) < 4.78 is 5.99. The van der Waals surface area contributed by atoms with Crippen molar-refractivity contribution in [2.45, 2.75) is 32.8 Å². The Morgan fingerprint density at radius 3 is 2.24 bits per heavy atom. The van der Waals surface area contributed by atoms with Crippen LogP contribution in [0.1, 0.15) is 42.3 Å². The van der Waals surface area contributed by atoms with Gasteiger partial charge in [-0.05, 0) is 46.9 Å². The van der Waals surface area contributed by atoms with Gasteiger partial charge in [0.1, 0.15) is 12.4 Å². The lowest BCUT2D eigenvalue weighted by molar-refractivity contribution is -0.113. The predicted molar refractivity (Wildman–Crippen MR) is 114 cm³/mol. The molecule has 4 nitrogen and oxygen atoms in total. The van der Waals surface area contributed by atoms with Crippen molar-refractivity contribution < 1.29 is 14.3 Å². The summed E-state index contributed by atoms with van der Waals surface area (Å²) in [5, 5.41) is 0. The van der Waals surface area contributed by atoms with E-state index in [2.05, 4.69) is 20.8 Å². The van der Waals surface area contributed by atoms with Crippen molar-refractivity contribution in [3.05, 3.63) is 89.5 Å². The lowest BCUT2D eigenvalue weighted by atomic mass is 9.85. The summed E-state index contributed by atoms with van der Waals surface area (Å²) in [4.78, 5) is 26.8. The molecule has 0 spiro atoms. The number of carbonyl (C=O) groups excluding carboxylic acids is 2. The number of rotatable bonds is 4. The number of ketones is 1. The fourth-order valence-corrected chi connectivity index (χ4v) is 3.57. The molecule has 0 aromatic heterocycles. The molecule has 3 aromatic carbocycles. The van der Waals surface area contributed by atoms with Gasteiger partial charge in [0, 0.05) is 0 Å². The van der Waals surface area contributed by atoms with Crippen molar-refractivity contribution in [2.75, 3.05) is 4.90 Å². The molecule has 4 heteroatoms. The summed E-state index contributed by atoms with van der Waals surface area (Å²) in [7, 11) is 0. The number of hydrogen-bond donors (Lipinski definition) is 0. The molecule has 1 heterocycles. The fraction of sp³-hybridized carbons (Fsp3) is 0.200. The monoisotopic (exact) mass is 385 g/mol. The van der Waals surface area contributed by atoms with Crippen LogP contribution in [0, 0.1) is 0 Å². The third kappa shape index (κ3) is 3.54.